The molecule has 0 saturated carbocycles. The van der Waals surface area contributed by atoms with Crippen LogP contribution in [0.25, 0.3) is 11.5 Å². The number of anilines is 1. The van der Waals surface area contributed by atoms with Crippen molar-refractivity contribution < 1.29 is 18.0 Å². The fourth-order valence-electron chi connectivity index (χ4n) is 2.46. The molecule has 1 heterocycles. The number of nitrogens with zero attached hydrogens (tertiary/aromatic N) is 1. The smallest absolute Gasteiger partial charge is 0.289 e. The number of benzene rings is 2. The first-order valence-electron chi connectivity index (χ1n) is 7.99. The largest absolute Gasteiger partial charge is 0.441 e. The molecule has 0 saturated heterocycles. The second kappa shape index (κ2) is 8.54. The maximum Gasteiger partial charge on any atom is 0.289 e. The summed E-state index contributed by atoms with van der Waals surface area (Å²) in [5.74, 6) is -2.10. The van der Waals surface area contributed by atoms with E-state index in [4.69, 9.17) is 16.0 Å². The highest BCUT2D eigenvalue weighted by atomic mass is 35.5. The Balaban J connectivity index is 1.76. The van der Waals surface area contributed by atoms with E-state index in [9.17, 15) is 13.6 Å². The summed E-state index contributed by atoms with van der Waals surface area (Å²) >= 11 is 6.27. The van der Waals surface area contributed by atoms with Crippen LogP contribution in [-0.2, 0) is 11.2 Å². The molecule has 1 aromatic heterocycles. The number of aryl methyl sites for hydroxylation is 1. The maximum atomic E-state index is 12.8. The van der Waals surface area contributed by atoms with Crippen molar-refractivity contribution in [2.24, 2.45) is 0 Å². The highest BCUT2D eigenvalue weighted by Crippen LogP contribution is 2.37. The van der Waals surface area contributed by atoms with Crippen LogP contribution in [0.5, 0.6) is 0 Å². The van der Waals surface area contributed by atoms with E-state index in [-0.39, 0.29) is 22.0 Å². The molecule has 4 nitrogen and oxygen atoms in total. The van der Waals surface area contributed by atoms with Gasteiger partial charge in [0.1, 0.15) is 5.76 Å². The van der Waals surface area contributed by atoms with Gasteiger partial charge < -0.3 is 9.73 Å². The summed E-state index contributed by atoms with van der Waals surface area (Å²) in [6.07, 6.45) is -0.0481. The lowest BCUT2D eigenvalue weighted by Crippen LogP contribution is -2.16. The molecular formula is C19H15ClF2N2O2S. The molecule has 0 fully saturated rings. The standard InChI is InChI=1S/C19H15ClF2N2O2S/c1-11-15(24-18(26-11)12-6-3-2-4-7-12)10-16(25)23-14-9-5-8-13(20)17(14)27-19(21)22/h2-9,19H,10H2,1H3,(H,23,25). The number of hydrogen-bond donors (Lipinski definition) is 1. The number of halogens is 3. The van der Waals surface area contributed by atoms with E-state index in [1.54, 1.807) is 13.0 Å². The van der Waals surface area contributed by atoms with Gasteiger partial charge in [0.15, 0.2) is 0 Å². The summed E-state index contributed by atoms with van der Waals surface area (Å²) in [4.78, 5) is 16.9. The summed E-state index contributed by atoms with van der Waals surface area (Å²) < 4.78 is 31.1. The molecule has 140 valence electrons. The molecule has 3 aromatic rings. The van der Waals surface area contributed by atoms with Crippen LogP contribution in [0, 0.1) is 6.92 Å². The molecule has 27 heavy (non-hydrogen) atoms. The third kappa shape index (κ3) is 4.87. The second-order valence-electron chi connectivity index (χ2n) is 5.61. The Morgan fingerprint density at radius 2 is 1.96 bits per heavy atom. The number of rotatable bonds is 6. The zero-order chi connectivity index (χ0) is 19.4. The van der Waals surface area contributed by atoms with Gasteiger partial charge in [0, 0.05) is 5.56 Å². The van der Waals surface area contributed by atoms with E-state index in [2.05, 4.69) is 10.3 Å². The van der Waals surface area contributed by atoms with Crippen LogP contribution >= 0.6 is 23.4 Å². The van der Waals surface area contributed by atoms with E-state index in [0.717, 1.165) is 5.56 Å². The number of carbonyl (C=O) groups excluding carboxylic acids is 1. The molecular weight excluding hydrogens is 394 g/mol. The number of thioether (sulfide) groups is 1. The maximum absolute atomic E-state index is 12.8. The normalized spacial score (nSPS) is 11.0. The summed E-state index contributed by atoms with van der Waals surface area (Å²) in [6, 6.07) is 13.9. The van der Waals surface area contributed by atoms with E-state index < -0.39 is 11.7 Å². The summed E-state index contributed by atoms with van der Waals surface area (Å²) in [5, 5.41) is 2.78. The van der Waals surface area contributed by atoms with Crippen molar-refractivity contribution in [3.05, 3.63) is 65.0 Å². The van der Waals surface area contributed by atoms with Crippen LogP contribution < -0.4 is 5.32 Å². The average Bonchev–Trinajstić information content (AvgIpc) is 2.99. The minimum absolute atomic E-state index is 0.0481. The molecule has 1 amide bonds. The van der Waals surface area contributed by atoms with Crippen molar-refractivity contribution in [2.45, 2.75) is 24.0 Å². The molecule has 0 radical (unpaired) electrons. The molecule has 0 atom stereocenters. The molecule has 0 unspecified atom stereocenters. The van der Waals surface area contributed by atoms with Gasteiger partial charge in [-0.15, -0.1) is 0 Å². The van der Waals surface area contributed by atoms with Gasteiger partial charge in [-0.05, 0) is 31.2 Å². The fourth-order valence-corrected chi connectivity index (χ4v) is 3.37. The van der Waals surface area contributed by atoms with Gasteiger partial charge in [0.2, 0.25) is 11.8 Å². The van der Waals surface area contributed by atoms with Crippen LogP contribution in [0.1, 0.15) is 11.5 Å². The second-order valence-corrected chi connectivity index (χ2v) is 7.02. The van der Waals surface area contributed by atoms with Gasteiger partial charge in [-0.2, -0.15) is 8.78 Å². The average molecular weight is 409 g/mol. The van der Waals surface area contributed by atoms with E-state index >= 15 is 0 Å². The molecule has 3 rings (SSSR count). The number of oxazole rings is 1. The van der Waals surface area contributed by atoms with Crippen molar-refractivity contribution >= 4 is 35.0 Å². The van der Waals surface area contributed by atoms with E-state index in [1.165, 1.54) is 12.1 Å². The lowest BCUT2D eigenvalue weighted by Gasteiger charge is -2.11. The first-order chi connectivity index (χ1) is 12.9. The third-order valence-corrected chi connectivity index (χ3v) is 4.97. The predicted octanol–water partition coefficient (Wildman–Crippen LogP) is 5.80. The minimum atomic E-state index is -2.65. The van der Waals surface area contributed by atoms with Crippen molar-refractivity contribution in [3.8, 4) is 11.5 Å². The van der Waals surface area contributed by atoms with Crippen molar-refractivity contribution in [2.75, 3.05) is 5.32 Å². The number of aromatic nitrogens is 1. The van der Waals surface area contributed by atoms with Crippen molar-refractivity contribution in [1.29, 1.82) is 0 Å². The van der Waals surface area contributed by atoms with Gasteiger partial charge in [0.25, 0.3) is 5.76 Å². The quantitative estimate of drug-likeness (QED) is 0.524. The van der Waals surface area contributed by atoms with Crippen LogP contribution in [0.15, 0.2) is 57.8 Å². The van der Waals surface area contributed by atoms with Crippen molar-refractivity contribution in [1.82, 2.24) is 4.98 Å². The summed E-state index contributed by atoms with van der Waals surface area (Å²) in [7, 11) is 0. The van der Waals surface area contributed by atoms with Gasteiger partial charge in [0.05, 0.1) is 27.7 Å². The first kappa shape index (κ1) is 19.4. The van der Waals surface area contributed by atoms with E-state index in [0.29, 0.717) is 29.1 Å². The molecule has 1 N–H and O–H groups in total. The SMILES string of the molecule is Cc1oc(-c2ccccc2)nc1CC(=O)Nc1cccc(Cl)c1SC(F)F. The summed E-state index contributed by atoms with van der Waals surface area (Å²) in [6.45, 7) is 1.72. The summed E-state index contributed by atoms with van der Waals surface area (Å²) in [5.41, 5.74) is 1.52. The van der Waals surface area contributed by atoms with Gasteiger partial charge in [-0.1, -0.05) is 47.6 Å². The Labute approximate surface area is 163 Å². The molecule has 0 aliphatic carbocycles. The minimum Gasteiger partial charge on any atom is -0.441 e. The number of alkyl halides is 2. The van der Waals surface area contributed by atoms with Crippen LogP contribution in [0.4, 0.5) is 14.5 Å². The molecule has 0 bridgehead atoms. The number of carbonyl (C=O) groups is 1. The predicted molar refractivity (Wildman–Crippen MR) is 102 cm³/mol. The Bertz CT molecular complexity index is 948. The zero-order valence-electron chi connectivity index (χ0n) is 14.2. The highest BCUT2D eigenvalue weighted by Gasteiger charge is 2.18. The Hall–Kier alpha value is -2.38. The number of amides is 1. The molecule has 0 aliphatic heterocycles. The van der Waals surface area contributed by atoms with E-state index in [1.807, 2.05) is 30.3 Å². The highest BCUT2D eigenvalue weighted by molar-refractivity contribution is 7.99. The Morgan fingerprint density at radius 3 is 2.67 bits per heavy atom. The van der Waals surface area contributed by atoms with Gasteiger partial charge in [-0.25, -0.2) is 4.98 Å². The third-order valence-electron chi connectivity index (χ3n) is 3.69. The fraction of sp³-hybridized carbons (Fsp3) is 0.158. The molecule has 0 spiro atoms. The first-order valence-corrected chi connectivity index (χ1v) is 9.24. The Morgan fingerprint density at radius 1 is 1.22 bits per heavy atom. The number of hydrogen-bond acceptors (Lipinski definition) is 4. The zero-order valence-corrected chi connectivity index (χ0v) is 15.8. The van der Waals surface area contributed by atoms with Gasteiger partial charge in [-0.3, -0.25) is 4.79 Å². The van der Waals surface area contributed by atoms with Gasteiger partial charge >= 0.3 is 0 Å². The van der Waals surface area contributed by atoms with Crippen LogP contribution in [0.2, 0.25) is 5.02 Å². The number of nitrogens with one attached hydrogen (secondary N) is 1. The van der Waals surface area contributed by atoms with Crippen molar-refractivity contribution in [3.63, 3.8) is 0 Å². The lowest BCUT2D eigenvalue weighted by atomic mass is 10.2. The van der Waals surface area contributed by atoms with Crippen LogP contribution in [0.3, 0.4) is 0 Å². The van der Waals surface area contributed by atoms with Crippen LogP contribution in [-0.4, -0.2) is 16.6 Å². The Kier molecular flexibility index (Phi) is 6.13. The molecule has 8 heteroatoms. The molecule has 0 aliphatic rings. The topological polar surface area (TPSA) is 55.1 Å². The lowest BCUT2D eigenvalue weighted by molar-refractivity contribution is -0.115. The molecule has 2 aromatic carbocycles. The monoisotopic (exact) mass is 408 g/mol.